The van der Waals surface area contributed by atoms with E-state index in [1.54, 1.807) is 0 Å². The third-order valence-corrected chi connectivity index (χ3v) is 2.11. The number of carboxylic acids is 1. The van der Waals surface area contributed by atoms with Crippen molar-refractivity contribution in [3.8, 4) is 0 Å². The van der Waals surface area contributed by atoms with E-state index in [2.05, 4.69) is 0 Å². The first-order valence-electron chi connectivity index (χ1n) is 4.87. The van der Waals surface area contributed by atoms with Gasteiger partial charge < -0.3 is 5.11 Å². The summed E-state index contributed by atoms with van der Waals surface area (Å²) < 4.78 is 0. The quantitative estimate of drug-likeness (QED) is 0.620. The summed E-state index contributed by atoms with van der Waals surface area (Å²) >= 11 is 0. The van der Waals surface area contributed by atoms with Gasteiger partial charge in [0.15, 0.2) is 0 Å². The van der Waals surface area contributed by atoms with E-state index < -0.39 is 11.8 Å². The number of carboxylic acid groups (broad SMARTS) is 1. The van der Waals surface area contributed by atoms with Crippen LogP contribution in [-0.4, -0.2) is 16.9 Å². The highest BCUT2D eigenvalue weighted by atomic mass is 16.4. The molecule has 0 aromatic heterocycles. The summed E-state index contributed by atoms with van der Waals surface area (Å²) in [4.78, 5) is 21.2. The SMILES string of the molecule is CCCC(CCC)CC(=O)C(=O)O. The molecule has 0 spiro atoms. The van der Waals surface area contributed by atoms with E-state index in [1.165, 1.54) is 0 Å². The topological polar surface area (TPSA) is 54.4 Å². The lowest BCUT2D eigenvalue weighted by atomic mass is 9.93. The lowest BCUT2D eigenvalue weighted by Gasteiger charge is -2.12. The van der Waals surface area contributed by atoms with Gasteiger partial charge in [0.2, 0.25) is 5.78 Å². The van der Waals surface area contributed by atoms with Crippen molar-refractivity contribution in [1.82, 2.24) is 0 Å². The number of rotatable bonds is 7. The van der Waals surface area contributed by atoms with Crippen LogP contribution in [0.1, 0.15) is 46.0 Å². The molecule has 0 aliphatic rings. The third kappa shape index (κ3) is 5.39. The fraction of sp³-hybridized carbons (Fsp3) is 0.800. The van der Waals surface area contributed by atoms with Crippen LogP contribution in [0, 0.1) is 5.92 Å². The summed E-state index contributed by atoms with van der Waals surface area (Å²) in [6, 6.07) is 0. The maximum atomic E-state index is 10.9. The molecule has 3 nitrogen and oxygen atoms in total. The van der Waals surface area contributed by atoms with Crippen LogP contribution >= 0.6 is 0 Å². The minimum atomic E-state index is -1.29. The minimum Gasteiger partial charge on any atom is -0.476 e. The monoisotopic (exact) mass is 186 g/mol. The van der Waals surface area contributed by atoms with Crippen LogP contribution in [0.3, 0.4) is 0 Å². The van der Waals surface area contributed by atoms with Crippen LogP contribution in [0.5, 0.6) is 0 Å². The first kappa shape index (κ1) is 12.1. The zero-order valence-electron chi connectivity index (χ0n) is 8.38. The van der Waals surface area contributed by atoms with Gasteiger partial charge in [-0.15, -0.1) is 0 Å². The molecule has 3 heteroatoms. The van der Waals surface area contributed by atoms with Crippen LogP contribution in [0.4, 0.5) is 0 Å². The van der Waals surface area contributed by atoms with Crippen LogP contribution < -0.4 is 0 Å². The molecule has 0 unspecified atom stereocenters. The zero-order chi connectivity index (χ0) is 10.3. The summed E-state index contributed by atoms with van der Waals surface area (Å²) in [5, 5.41) is 8.42. The smallest absolute Gasteiger partial charge is 0.372 e. The van der Waals surface area contributed by atoms with Crippen molar-refractivity contribution in [2.75, 3.05) is 0 Å². The third-order valence-electron chi connectivity index (χ3n) is 2.11. The molecule has 13 heavy (non-hydrogen) atoms. The highest BCUT2D eigenvalue weighted by molar-refractivity contribution is 6.32. The molecule has 1 N–H and O–H groups in total. The van der Waals surface area contributed by atoms with Crippen LogP contribution in [0.2, 0.25) is 0 Å². The van der Waals surface area contributed by atoms with Gasteiger partial charge in [-0.2, -0.15) is 0 Å². The lowest BCUT2D eigenvalue weighted by molar-refractivity contribution is -0.149. The molecule has 0 aromatic carbocycles. The Morgan fingerprint density at radius 3 is 1.92 bits per heavy atom. The van der Waals surface area contributed by atoms with Crippen molar-refractivity contribution < 1.29 is 14.7 Å². The fourth-order valence-electron chi connectivity index (χ4n) is 1.51. The second kappa shape index (κ2) is 6.63. The maximum absolute atomic E-state index is 10.9. The summed E-state index contributed by atoms with van der Waals surface area (Å²) in [6.07, 6.45) is 4.13. The van der Waals surface area contributed by atoms with Gasteiger partial charge in [-0.3, -0.25) is 4.79 Å². The maximum Gasteiger partial charge on any atom is 0.372 e. The summed E-state index contributed by atoms with van der Waals surface area (Å²) in [7, 11) is 0. The molecule has 0 bridgehead atoms. The molecular weight excluding hydrogens is 168 g/mol. The molecule has 0 fully saturated rings. The zero-order valence-corrected chi connectivity index (χ0v) is 8.38. The first-order valence-corrected chi connectivity index (χ1v) is 4.87. The fourth-order valence-corrected chi connectivity index (χ4v) is 1.51. The summed E-state index contributed by atoms with van der Waals surface area (Å²) in [5.41, 5.74) is 0. The van der Waals surface area contributed by atoms with Crippen molar-refractivity contribution in [1.29, 1.82) is 0 Å². The molecular formula is C10H18O3. The summed E-state index contributed by atoms with van der Waals surface area (Å²) in [5.74, 6) is -1.68. The van der Waals surface area contributed by atoms with E-state index in [4.69, 9.17) is 5.11 Å². The summed E-state index contributed by atoms with van der Waals surface area (Å²) in [6.45, 7) is 4.10. The Kier molecular flexibility index (Phi) is 6.20. The molecule has 0 aliphatic heterocycles. The Labute approximate surface area is 79.1 Å². The Bertz CT molecular complexity index is 169. The van der Waals surface area contributed by atoms with Gasteiger partial charge in [-0.05, 0) is 5.92 Å². The Morgan fingerprint density at radius 2 is 1.62 bits per heavy atom. The van der Waals surface area contributed by atoms with Crippen LogP contribution in [0.15, 0.2) is 0 Å². The first-order chi connectivity index (χ1) is 6.11. The minimum absolute atomic E-state index is 0.205. The molecule has 0 saturated heterocycles. The van der Waals surface area contributed by atoms with E-state index >= 15 is 0 Å². The van der Waals surface area contributed by atoms with Crippen molar-refractivity contribution >= 4 is 11.8 Å². The number of carbonyl (C=O) groups is 2. The van der Waals surface area contributed by atoms with E-state index in [1.807, 2.05) is 13.8 Å². The predicted octanol–water partition coefficient (Wildman–Crippen LogP) is 2.25. The standard InChI is InChI=1S/C10H18O3/c1-3-5-8(6-4-2)7-9(11)10(12)13/h8H,3-7H2,1-2H3,(H,12,13). The van der Waals surface area contributed by atoms with Gasteiger partial charge in [-0.1, -0.05) is 39.5 Å². The molecule has 0 amide bonds. The van der Waals surface area contributed by atoms with Crippen molar-refractivity contribution in [3.63, 3.8) is 0 Å². The highest BCUT2D eigenvalue weighted by Gasteiger charge is 2.17. The van der Waals surface area contributed by atoms with Crippen molar-refractivity contribution in [2.24, 2.45) is 5.92 Å². The largest absolute Gasteiger partial charge is 0.476 e. The van der Waals surface area contributed by atoms with Gasteiger partial charge >= 0.3 is 5.97 Å². The highest BCUT2D eigenvalue weighted by Crippen LogP contribution is 2.17. The molecule has 0 aromatic rings. The predicted molar refractivity (Wildman–Crippen MR) is 50.6 cm³/mol. The van der Waals surface area contributed by atoms with Crippen LogP contribution in [0.25, 0.3) is 0 Å². The van der Waals surface area contributed by atoms with E-state index in [0.29, 0.717) is 0 Å². The van der Waals surface area contributed by atoms with Gasteiger partial charge in [0.05, 0.1) is 0 Å². The number of Topliss-reactive ketones (excluding diaryl/α,β-unsaturated/α-hetero) is 1. The average Bonchev–Trinajstić information content (AvgIpc) is 2.05. The number of aliphatic carboxylic acids is 1. The van der Waals surface area contributed by atoms with Crippen LogP contribution in [-0.2, 0) is 9.59 Å². The van der Waals surface area contributed by atoms with Gasteiger partial charge in [-0.25, -0.2) is 4.79 Å². The van der Waals surface area contributed by atoms with E-state index in [-0.39, 0.29) is 12.3 Å². The second-order valence-electron chi connectivity index (χ2n) is 3.38. The number of hydrogen-bond donors (Lipinski definition) is 1. The second-order valence-corrected chi connectivity index (χ2v) is 3.38. The molecule has 0 atom stereocenters. The number of carbonyl (C=O) groups excluding carboxylic acids is 1. The van der Waals surface area contributed by atoms with Gasteiger partial charge in [0.25, 0.3) is 0 Å². The lowest BCUT2D eigenvalue weighted by Crippen LogP contribution is -2.17. The molecule has 0 saturated carbocycles. The van der Waals surface area contributed by atoms with Crippen molar-refractivity contribution in [3.05, 3.63) is 0 Å². The van der Waals surface area contributed by atoms with Gasteiger partial charge in [0, 0.05) is 6.42 Å². The molecule has 0 radical (unpaired) electrons. The average molecular weight is 186 g/mol. The molecule has 0 rings (SSSR count). The Balaban J connectivity index is 3.93. The Morgan fingerprint density at radius 1 is 1.15 bits per heavy atom. The number of ketones is 1. The Hall–Kier alpha value is -0.860. The molecule has 0 aliphatic carbocycles. The van der Waals surface area contributed by atoms with Gasteiger partial charge in [0.1, 0.15) is 0 Å². The molecule has 0 heterocycles. The van der Waals surface area contributed by atoms with E-state index in [0.717, 1.165) is 25.7 Å². The normalized spacial score (nSPS) is 10.4. The number of hydrogen-bond acceptors (Lipinski definition) is 2. The molecule has 76 valence electrons. The van der Waals surface area contributed by atoms with Crippen molar-refractivity contribution in [2.45, 2.75) is 46.0 Å². The van der Waals surface area contributed by atoms with E-state index in [9.17, 15) is 9.59 Å².